The molecule has 0 spiro atoms. The smallest absolute Gasteiger partial charge is 0.338 e. The van der Waals surface area contributed by atoms with E-state index in [0.717, 1.165) is 53.9 Å². The molecule has 0 aliphatic carbocycles. The molecule has 8 aromatic rings. The second-order valence-corrected chi connectivity index (χ2v) is 28.1. The van der Waals surface area contributed by atoms with Crippen LogP contribution in [-0.2, 0) is 39.2 Å². The molecule has 0 saturated heterocycles. The first kappa shape index (κ1) is 75.0. The highest BCUT2D eigenvalue weighted by Crippen LogP contribution is 2.40. The third-order valence-corrected chi connectivity index (χ3v) is 17.8. The Balaban J connectivity index is 0.000000284. The van der Waals surface area contributed by atoms with E-state index < -0.39 is 46.8 Å². The van der Waals surface area contributed by atoms with Crippen LogP contribution in [0.25, 0.3) is 44.3 Å². The summed E-state index contributed by atoms with van der Waals surface area (Å²) in [6, 6.07) is 25.5. The Morgan fingerprint density at radius 2 is 0.989 bits per heavy atom. The molecule has 0 atom stereocenters. The van der Waals surface area contributed by atoms with Crippen LogP contribution in [0.2, 0.25) is 0 Å². The number of nitrogen functional groups attached to an aromatic ring is 1. The molecule has 5 N–H and O–H groups in total. The van der Waals surface area contributed by atoms with Gasteiger partial charge in [0.15, 0.2) is 4.30 Å². The Morgan fingerprint density at radius 3 is 1.38 bits per heavy atom. The summed E-state index contributed by atoms with van der Waals surface area (Å²) in [7, 11) is 7.98. The first-order valence-corrected chi connectivity index (χ1v) is 32.9. The maximum Gasteiger partial charge on any atom is 0.338 e. The normalized spacial score (nSPS) is 11.2. The number of anilines is 8. The molecule has 0 radical (unpaired) electrons. The number of hydrogen-bond donors (Lipinski definition) is 4. The van der Waals surface area contributed by atoms with Gasteiger partial charge in [-0.25, -0.2) is 54.3 Å². The fourth-order valence-electron chi connectivity index (χ4n) is 8.70. The minimum atomic E-state index is -3.60. The van der Waals surface area contributed by atoms with Crippen molar-refractivity contribution in [2.45, 2.75) is 42.5 Å². The number of nitrogens with two attached hydrogens (primary N) is 1. The van der Waals surface area contributed by atoms with E-state index in [-0.39, 0.29) is 11.9 Å². The molecule has 1 amide bonds. The van der Waals surface area contributed by atoms with Crippen LogP contribution in [0.1, 0.15) is 27.7 Å². The molecule has 4 heterocycles. The Morgan fingerprint density at radius 1 is 0.591 bits per heavy atom. The Labute approximate surface area is 558 Å². The highest BCUT2D eigenvalue weighted by Gasteiger charge is 2.26. The average molecular weight is 1370 g/mol. The lowest BCUT2D eigenvalue weighted by atomic mass is 10.1. The van der Waals surface area contributed by atoms with Crippen LogP contribution in [0.3, 0.4) is 0 Å². The number of aromatic nitrogens is 6. The number of carbonyl (C=O) groups is 3. The van der Waals surface area contributed by atoms with Crippen molar-refractivity contribution in [2.24, 2.45) is 0 Å². The maximum atomic E-state index is 13.1. The number of para-hydroxylation sites is 2. The second kappa shape index (κ2) is 34.2. The zero-order chi connectivity index (χ0) is 69.1. The predicted molar refractivity (Wildman–Crippen MR) is 377 cm³/mol. The van der Waals surface area contributed by atoms with E-state index in [4.69, 9.17) is 60.0 Å². The van der Waals surface area contributed by atoms with Crippen LogP contribution >= 0.6 is 34.8 Å². The van der Waals surface area contributed by atoms with E-state index in [0.29, 0.717) is 80.3 Å². The first-order chi connectivity index (χ1) is 43.9. The van der Waals surface area contributed by atoms with Gasteiger partial charge >= 0.3 is 11.9 Å². The third kappa shape index (κ3) is 20.1. The number of nitrogens with zero attached hydrogens (tertiary/aromatic N) is 10. The number of nitrogens with one attached hydrogen (secondary N) is 3. The SMILES string of the molecule is C=CC(=O)Nc1cc(Nc2nccc(-c3cn(S(=O)(=O)C(C)C)c4ccccc34)n2)c(OC)cc1N(C)CCN(C)C.C=CC(=O)OC(=O)C=C.COc1cc(N(C)CCN(C)C)c(N)cc1Nc1nccc(-c2cn(S(=O)(=O)C(C)C)c3ccccc23)n1.ClC(Cl)Cl. The molecule has 29 heteroatoms. The van der Waals surface area contributed by atoms with Crippen LogP contribution in [0.15, 0.2) is 148 Å². The molecule has 8 rings (SSSR count). The molecule has 0 unspecified atom stereocenters. The highest BCUT2D eigenvalue weighted by molar-refractivity contribution is 7.91. The summed E-state index contributed by atoms with van der Waals surface area (Å²) in [5, 5.41) is 9.67. The van der Waals surface area contributed by atoms with E-state index in [1.807, 2.05) is 95.7 Å². The number of alkyl halides is 3. The average Bonchev–Trinajstić information content (AvgIpc) is 1.65. The summed E-state index contributed by atoms with van der Waals surface area (Å²) >= 11 is 14.4. The van der Waals surface area contributed by atoms with Gasteiger partial charge < -0.3 is 55.5 Å². The number of carbonyl (C=O) groups excluding carboxylic acids is 3. The fourth-order valence-corrected chi connectivity index (χ4v) is 11.0. The number of rotatable bonds is 24. The van der Waals surface area contributed by atoms with Crippen molar-refractivity contribution in [3.63, 3.8) is 0 Å². The summed E-state index contributed by atoms with van der Waals surface area (Å²) < 4.78 is 69.6. The molecular weight excluding hydrogens is 1300 g/mol. The standard InChI is InChI=1S/C30H37N7O4S.C27H35N7O3S.C6H6O3.CHCl3/c1-8-29(38)32-24-17-25(28(41-7)18-27(24)36(6)16-15-35(4)5)34-30-31-14-13-23(33-30)22-19-37(42(39,40)20(2)3)26-12-10-9-11-21(22)26;1-18(2)38(35,36)34-17-20(19-9-7-8-10-24(19)34)22-11-12-29-27(30-22)31-23-15-21(28)25(16-26(23)37-6)33(5)14-13-32(3)4;1-3-5(7)9-6(8)4-2;2-1(3)4/h8-14,17-20H,1,15-16H2,2-7H3,(H,32,38)(H,31,33,34);7-12,15-18H,13-14,28H2,1-6H3,(H,29,30,31);3-4H,1-2H2;1H. The molecule has 0 bridgehead atoms. The topological polar surface area (TPSA) is 284 Å². The number of fused-ring (bicyclic) bond motifs is 2. The predicted octanol–water partition coefficient (Wildman–Crippen LogP) is 11.0. The third-order valence-electron chi connectivity index (χ3n) is 13.7. The van der Waals surface area contributed by atoms with Crippen molar-refractivity contribution in [3.8, 4) is 34.0 Å². The Bertz CT molecular complexity index is 4160. The Hall–Kier alpha value is -8.76. The summed E-state index contributed by atoms with van der Waals surface area (Å²) in [4.78, 5) is 59.1. The fraction of sp³-hybridized carbons (Fsp3) is 0.297. The molecular formula is C64H79Cl3N14O10S2. The van der Waals surface area contributed by atoms with Gasteiger partial charge in [-0.2, -0.15) is 0 Å². The second-order valence-electron chi connectivity index (χ2n) is 21.4. The quantitative estimate of drug-likeness (QED) is 0.0144. The van der Waals surface area contributed by atoms with E-state index in [9.17, 15) is 31.2 Å². The maximum absolute atomic E-state index is 13.1. The molecule has 0 aliphatic rings. The van der Waals surface area contributed by atoms with Crippen LogP contribution < -0.4 is 41.0 Å². The number of benzene rings is 4. The summed E-state index contributed by atoms with van der Waals surface area (Å²) in [5.41, 5.74) is 14.0. The van der Waals surface area contributed by atoms with E-state index in [2.05, 4.69) is 65.1 Å². The van der Waals surface area contributed by atoms with Crippen molar-refractivity contribution < 1.29 is 45.4 Å². The van der Waals surface area contributed by atoms with Crippen LogP contribution in [0.5, 0.6) is 11.5 Å². The molecule has 0 fully saturated rings. The lowest BCUT2D eigenvalue weighted by Crippen LogP contribution is -2.29. The van der Waals surface area contributed by atoms with Gasteiger partial charge in [0.1, 0.15) is 11.5 Å². The lowest BCUT2D eigenvalue weighted by molar-refractivity contribution is -0.152. The monoisotopic (exact) mass is 1370 g/mol. The minimum absolute atomic E-state index is 0.268. The number of likely N-dealkylation sites (N-methyl/N-ethyl adjacent to an activating group) is 4. The molecule has 498 valence electrons. The molecule has 0 saturated carbocycles. The highest BCUT2D eigenvalue weighted by atomic mass is 35.6. The zero-order valence-corrected chi connectivity index (χ0v) is 57.8. The van der Waals surface area contributed by atoms with E-state index in [1.54, 1.807) is 103 Å². The number of ether oxygens (including phenoxy) is 3. The van der Waals surface area contributed by atoms with Crippen molar-refractivity contribution in [1.29, 1.82) is 0 Å². The van der Waals surface area contributed by atoms with Crippen molar-refractivity contribution >= 4 is 141 Å². The van der Waals surface area contributed by atoms with Crippen molar-refractivity contribution in [3.05, 3.63) is 148 Å². The first-order valence-electron chi connectivity index (χ1n) is 28.6. The number of methoxy groups -OCH3 is 2. The van der Waals surface area contributed by atoms with E-state index >= 15 is 0 Å². The van der Waals surface area contributed by atoms with Gasteiger partial charge in [-0.15, -0.1) is 0 Å². The summed E-state index contributed by atoms with van der Waals surface area (Å²) in [5.74, 6) is -0.160. The number of halogens is 3. The van der Waals surface area contributed by atoms with Gasteiger partial charge in [-0.3, -0.25) is 4.79 Å². The molecule has 4 aromatic carbocycles. The van der Waals surface area contributed by atoms with Gasteiger partial charge in [-0.1, -0.05) is 90.9 Å². The van der Waals surface area contributed by atoms with E-state index in [1.165, 1.54) is 14.0 Å². The summed E-state index contributed by atoms with van der Waals surface area (Å²) in [6.45, 7) is 19.6. The van der Waals surface area contributed by atoms with Crippen LogP contribution in [-0.4, -0.2) is 170 Å². The number of amides is 1. The van der Waals surface area contributed by atoms with Gasteiger partial charge in [0.05, 0.1) is 81.3 Å². The van der Waals surface area contributed by atoms with Gasteiger partial charge in [0, 0.05) is 111 Å². The van der Waals surface area contributed by atoms with Crippen molar-refractivity contribution in [2.75, 3.05) is 114 Å². The van der Waals surface area contributed by atoms with Gasteiger partial charge in [0.25, 0.3) is 0 Å². The largest absolute Gasteiger partial charge is 0.494 e. The van der Waals surface area contributed by atoms with Crippen molar-refractivity contribution in [1.82, 2.24) is 37.7 Å². The lowest BCUT2D eigenvalue weighted by Gasteiger charge is -2.26. The number of esters is 2. The van der Waals surface area contributed by atoms with Gasteiger partial charge in [0.2, 0.25) is 37.9 Å². The summed E-state index contributed by atoms with van der Waals surface area (Å²) in [6.07, 6.45) is 9.49. The van der Waals surface area contributed by atoms with Crippen LogP contribution in [0.4, 0.5) is 46.0 Å². The minimum Gasteiger partial charge on any atom is -0.494 e. The Kier molecular flexibility index (Phi) is 27.6. The molecule has 4 aromatic heterocycles. The van der Waals surface area contributed by atoms with Gasteiger partial charge in [-0.05, 0) is 98.4 Å². The zero-order valence-electron chi connectivity index (χ0n) is 53.9. The molecule has 93 heavy (non-hydrogen) atoms. The number of hydrogen-bond acceptors (Lipinski definition) is 21. The molecule has 0 aliphatic heterocycles. The van der Waals surface area contributed by atoms with Crippen LogP contribution in [0, 0.1) is 0 Å². The molecule has 24 nitrogen and oxygen atoms in total.